The molecule has 0 amide bonds. The van der Waals surface area contributed by atoms with Crippen molar-refractivity contribution < 1.29 is 13.2 Å². The Morgan fingerprint density at radius 2 is 2.07 bits per heavy atom. The van der Waals surface area contributed by atoms with Gasteiger partial charge in [0.1, 0.15) is 5.75 Å². The number of hydrogen-bond donors (Lipinski definition) is 1. The second-order valence-corrected chi connectivity index (χ2v) is 9.12. The smallest absolute Gasteiger partial charge is 0.213 e. The van der Waals surface area contributed by atoms with Crippen molar-refractivity contribution in [2.24, 2.45) is 4.99 Å². The van der Waals surface area contributed by atoms with E-state index in [1.165, 1.54) is 9.87 Å². The molecule has 152 valence electrons. The summed E-state index contributed by atoms with van der Waals surface area (Å²) >= 11 is 0. The van der Waals surface area contributed by atoms with Crippen LogP contribution in [-0.4, -0.2) is 76.7 Å². The van der Waals surface area contributed by atoms with E-state index in [0.717, 1.165) is 37.6 Å². The maximum atomic E-state index is 11.8. The molecule has 1 heterocycles. The summed E-state index contributed by atoms with van der Waals surface area (Å²) in [6.07, 6.45) is 1.83. The molecule has 1 aromatic rings. The first-order valence-corrected chi connectivity index (χ1v) is 11.1. The molecule has 0 spiro atoms. The molecule has 8 heteroatoms. The van der Waals surface area contributed by atoms with Gasteiger partial charge < -0.3 is 15.0 Å². The van der Waals surface area contributed by atoms with Crippen molar-refractivity contribution in [1.82, 2.24) is 14.5 Å². The van der Waals surface area contributed by atoms with Crippen LogP contribution in [-0.2, 0) is 10.0 Å². The van der Waals surface area contributed by atoms with E-state index in [1.54, 1.807) is 28.1 Å². The van der Waals surface area contributed by atoms with E-state index in [-0.39, 0.29) is 5.75 Å². The molecule has 0 saturated carbocycles. The van der Waals surface area contributed by atoms with Crippen LogP contribution >= 0.6 is 0 Å². The van der Waals surface area contributed by atoms with Crippen molar-refractivity contribution >= 4 is 16.0 Å². The first kappa shape index (κ1) is 21.5. The van der Waals surface area contributed by atoms with E-state index in [0.29, 0.717) is 19.0 Å². The topological polar surface area (TPSA) is 74.2 Å². The van der Waals surface area contributed by atoms with E-state index in [4.69, 9.17) is 4.74 Å². The molecule has 0 aromatic heterocycles. The first-order valence-electron chi connectivity index (χ1n) is 9.44. The lowest BCUT2D eigenvalue weighted by Gasteiger charge is -2.22. The summed E-state index contributed by atoms with van der Waals surface area (Å²) in [7, 11) is 1.99. The zero-order chi connectivity index (χ0) is 19.9. The number of methoxy groups -OCH3 is 1. The lowest BCUT2D eigenvalue weighted by Crippen LogP contribution is -2.41. The normalized spacial score (nSPS) is 18.2. The van der Waals surface area contributed by atoms with E-state index in [2.05, 4.69) is 27.3 Å². The van der Waals surface area contributed by atoms with Crippen molar-refractivity contribution in [2.45, 2.75) is 25.7 Å². The molecule has 27 heavy (non-hydrogen) atoms. The first-order chi connectivity index (χ1) is 12.9. The predicted molar refractivity (Wildman–Crippen MR) is 110 cm³/mol. The molecule has 1 atom stereocenters. The van der Waals surface area contributed by atoms with Gasteiger partial charge in [0.15, 0.2) is 5.96 Å². The van der Waals surface area contributed by atoms with Crippen molar-refractivity contribution in [2.75, 3.05) is 53.1 Å². The van der Waals surface area contributed by atoms with E-state index >= 15 is 0 Å². The SMILES string of the molecule is CCS(=O)(=O)N(C)CCCNC(=NC)N1CCC(c2ccc(OC)cc2)C1. The van der Waals surface area contributed by atoms with Gasteiger partial charge in [-0.3, -0.25) is 4.99 Å². The highest BCUT2D eigenvalue weighted by molar-refractivity contribution is 7.89. The molecule has 1 aromatic carbocycles. The molecule has 7 nitrogen and oxygen atoms in total. The summed E-state index contributed by atoms with van der Waals surface area (Å²) in [5.41, 5.74) is 1.32. The Bertz CT molecular complexity index is 719. The molecule has 0 bridgehead atoms. The lowest BCUT2D eigenvalue weighted by atomic mass is 9.98. The lowest BCUT2D eigenvalue weighted by molar-refractivity contribution is 0.414. The van der Waals surface area contributed by atoms with Crippen molar-refractivity contribution in [3.05, 3.63) is 29.8 Å². The largest absolute Gasteiger partial charge is 0.497 e. The summed E-state index contributed by atoms with van der Waals surface area (Å²) in [6, 6.07) is 8.28. The third-order valence-corrected chi connectivity index (χ3v) is 6.92. The van der Waals surface area contributed by atoms with Crippen LogP contribution in [0.3, 0.4) is 0 Å². The summed E-state index contributed by atoms with van der Waals surface area (Å²) in [6.45, 7) is 4.75. The fourth-order valence-corrected chi connectivity index (χ4v) is 4.14. The minimum absolute atomic E-state index is 0.138. The zero-order valence-electron chi connectivity index (χ0n) is 16.8. The Balaban J connectivity index is 1.81. The molecule has 2 rings (SSSR count). The molecule has 1 unspecified atom stereocenters. The molecule has 1 N–H and O–H groups in total. The Kier molecular flexibility index (Phi) is 7.91. The van der Waals surface area contributed by atoms with Gasteiger partial charge in [0.2, 0.25) is 10.0 Å². The van der Waals surface area contributed by atoms with Gasteiger partial charge in [-0.2, -0.15) is 0 Å². The molecule has 1 aliphatic heterocycles. The highest BCUT2D eigenvalue weighted by Crippen LogP contribution is 2.28. The van der Waals surface area contributed by atoms with E-state index in [1.807, 2.05) is 12.1 Å². The van der Waals surface area contributed by atoms with Gasteiger partial charge in [0.05, 0.1) is 12.9 Å². The highest BCUT2D eigenvalue weighted by Gasteiger charge is 2.26. The molecule has 1 saturated heterocycles. The van der Waals surface area contributed by atoms with Gasteiger partial charge in [-0.1, -0.05) is 12.1 Å². The fourth-order valence-electron chi connectivity index (χ4n) is 3.29. The number of nitrogens with zero attached hydrogens (tertiary/aromatic N) is 3. The molecule has 1 fully saturated rings. The van der Waals surface area contributed by atoms with Gasteiger partial charge in [0, 0.05) is 46.2 Å². The average molecular weight is 397 g/mol. The summed E-state index contributed by atoms with van der Waals surface area (Å²) in [5.74, 6) is 2.38. The molecule has 1 aliphatic rings. The van der Waals surface area contributed by atoms with Gasteiger partial charge in [0.25, 0.3) is 0 Å². The number of sulfonamides is 1. The quantitative estimate of drug-likeness (QED) is 0.412. The summed E-state index contributed by atoms with van der Waals surface area (Å²) in [4.78, 5) is 6.65. The van der Waals surface area contributed by atoms with E-state index < -0.39 is 10.0 Å². The third kappa shape index (κ3) is 5.84. The number of nitrogens with one attached hydrogen (secondary N) is 1. The number of guanidine groups is 1. The monoisotopic (exact) mass is 396 g/mol. The van der Waals surface area contributed by atoms with Crippen LogP contribution in [0.15, 0.2) is 29.3 Å². The Morgan fingerprint density at radius 1 is 1.37 bits per heavy atom. The number of benzene rings is 1. The van der Waals surface area contributed by atoms with Gasteiger partial charge in [-0.25, -0.2) is 12.7 Å². The maximum Gasteiger partial charge on any atom is 0.213 e. The second-order valence-electron chi connectivity index (χ2n) is 6.75. The van der Waals surface area contributed by atoms with Crippen LogP contribution in [0, 0.1) is 0 Å². The van der Waals surface area contributed by atoms with Gasteiger partial charge >= 0.3 is 0 Å². The second kappa shape index (κ2) is 9.94. The van der Waals surface area contributed by atoms with Crippen LogP contribution in [0.1, 0.15) is 31.2 Å². The predicted octanol–water partition coefficient (Wildman–Crippen LogP) is 1.73. The van der Waals surface area contributed by atoms with Crippen LogP contribution in [0.2, 0.25) is 0 Å². The van der Waals surface area contributed by atoms with Gasteiger partial charge in [-0.05, 0) is 37.5 Å². The highest BCUT2D eigenvalue weighted by atomic mass is 32.2. The molecular formula is C19H32N4O3S. The fraction of sp³-hybridized carbons (Fsp3) is 0.632. The minimum atomic E-state index is -3.11. The molecule has 0 radical (unpaired) electrons. The van der Waals surface area contributed by atoms with Crippen molar-refractivity contribution in [1.29, 1.82) is 0 Å². The number of aliphatic imine (C=N–C) groups is 1. The third-order valence-electron chi connectivity index (χ3n) is 5.06. The van der Waals surface area contributed by atoms with Crippen LogP contribution in [0.5, 0.6) is 5.75 Å². The van der Waals surface area contributed by atoms with E-state index in [9.17, 15) is 8.42 Å². The Labute approximate surface area is 163 Å². The Hall–Kier alpha value is -1.80. The molecule has 0 aliphatic carbocycles. The number of rotatable bonds is 8. The summed E-state index contributed by atoms with van der Waals surface area (Å²) in [5, 5.41) is 3.36. The van der Waals surface area contributed by atoms with Crippen LogP contribution in [0.25, 0.3) is 0 Å². The average Bonchev–Trinajstić information content (AvgIpc) is 3.17. The van der Waals surface area contributed by atoms with Gasteiger partial charge in [-0.15, -0.1) is 0 Å². The number of ether oxygens (including phenoxy) is 1. The molecular weight excluding hydrogens is 364 g/mol. The summed E-state index contributed by atoms with van der Waals surface area (Å²) < 4.78 is 30.2. The minimum Gasteiger partial charge on any atom is -0.497 e. The maximum absolute atomic E-state index is 11.8. The van der Waals surface area contributed by atoms with Crippen molar-refractivity contribution in [3.8, 4) is 5.75 Å². The number of likely N-dealkylation sites (tertiary alicyclic amines) is 1. The standard InChI is InChI=1S/C19H32N4O3S/c1-5-27(24,25)22(3)13-6-12-21-19(20-2)23-14-11-17(15-23)16-7-9-18(26-4)10-8-16/h7-10,17H,5-6,11-15H2,1-4H3,(H,20,21). The zero-order valence-corrected chi connectivity index (χ0v) is 17.6. The van der Waals surface area contributed by atoms with Crippen molar-refractivity contribution in [3.63, 3.8) is 0 Å². The number of hydrogen-bond acceptors (Lipinski definition) is 4. The van der Waals surface area contributed by atoms with Crippen LogP contribution < -0.4 is 10.1 Å². The Morgan fingerprint density at radius 3 is 2.67 bits per heavy atom. The van der Waals surface area contributed by atoms with Crippen LogP contribution in [0.4, 0.5) is 0 Å².